The highest BCUT2D eigenvalue weighted by Crippen LogP contribution is 2.20. The molecule has 6 heteroatoms. The molecule has 0 radical (unpaired) electrons. The van der Waals surface area contributed by atoms with Crippen molar-refractivity contribution in [2.24, 2.45) is 5.92 Å². The van der Waals surface area contributed by atoms with Gasteiger partial charge in [0.25, 0.3) is 0 Å². The topological polar surface area (TPSA) is 54.5 Å². The van der Waals surface area contributed by atoms with Crippen molar-refractivity contribution in [1.29, 1.82) is 0 Å². The maximum absolute atomic E-state index is 12.2. The summed E-state index contributed by atoms with van der Waals surface area (Å²) in [4.78, 5) is 18.4. The summed E-state index contributed by atoms with van der Waals surface area (Å²) in [6.45, 7) is 11.4. The van der Waals surface area contributed by atoms with Crippen molar-refractivity contribution < 1.29 is 9.53 Å². The highest BCUT2D eigenvalue weighted by molar-refractivity contribution is 7.09. The van der Waals surface area contributed by atoms with E-state index in [0.717, 1.165) is 39.0 Å². The number of piperidine rings is 1. The number of thiazole rings is 1. The predicted molar refractivity (Wildman–Crippen MR) is 93.9 cm³/mol. The molecule has 1 aromatic heterocycles. The largest absolute Gasteiger partial charge is 0.444 e. The van der Waals surface area contributed by atoms with Gasteiger partial charge < -0.3 is 15.0 Å². The summed E-state index contributed by atoms with van der Waals surface area (Å²) in [7, 11) is 0. The number of rotatable bonds is 5. The van der Waals surface area contributed by atoms with Gasteiger partial charge in [0.2, 0.25) is 0 Å². The third kappa shape index (κ3) is 6.11. The Bertz CT molecular complexity index is 485. The summed E-state index contributed by atoms with van der Waals surface area (Å²) in [5.74, 6) is 0.931. The summed E-state index contributed by atoms with van der Waals surface area (Å²) < 4.78 is 5.48. The summed E-state index contributed by atoms with van der Waals surface area (Å²) in [6, 6.07) is 0. The fourth-order valence-corrected chi connectivity index (χ4v) is 3.49. The molecule has 1 fully saturated rings. The van der Waals surface area contributed by atoms with E-state index in [-0.39, 0.29) is 6.09 Å². The van der Waals surface area contributed by atoms with Crippen LogP contribution >= 0.6 is 11.3 Å². The molecule has 1 aliphatic heterocycles. The minimum atomic E-state index is -0.425. The third-order valence-corrected chi connectivity index (χ3v) is 4.93. The molecule has 0 aromatic carbocycles. The average Bonchev–Trinajstić information content (AvgIpc) is 3.00. The fourth-order valence-electron chi connectivity index (χ4n) is 2.79. The Hall–Kier alpha value is -1.14. The lowest BCUT2D eigenvalue weighted by Gasteiger charge is -2.34. The SMILES string of the molecule is CC(CNCC1CCCN(C(=O)OC(C)(C)C)C1)c1nccs1. The van der Waals surface area contributed by atoms with Gasteiger partial charge in [-0.2, -0.15) is 0 Å². The van der Waals surface area contributed by atoms with Gasteiger partial charge in [-0.25, -0.2) is 9.78 Å². The number of nitrogens with one attached hydrogen (secondary N) is 1. The van der Waals surface area contributed by atoms with E-state index < -0.39 is 5.60 Å². The first-order valence-corrected chi connectivity index (χ1v) is 9.31. The van der Waals surface area contributed by atoms with Gasteiger partial charge in [0, 0.05) is 37.1 Å². The highest BCUT2D eigenvalue weighted by atomic mass is 32.1. The van der Waals surface area contributed by atoms with E-state index in [1.807, 2.05) is 37.2 Å². The number of carbonyl (C=O) groups excluding carboxylic acids is 1. The fraction of sp³-hybridized carbons (Fsp3) is 0.765. The number of hydrogen-bond donors (Lipinski definition) is 1. The van der Waals surface area contributed by atoms with Crippen LogP contribution in [0.4, 0.5) is 4.79 Å². The zero-order valence-electron chi connectivity index (χ0n) is 14.7. The van der Waals surface area contributed by atoms with Crippen LogP contribution in [0.5, 0.6) is 0 Å². The summed E-state index contributed by atoms with van der Waals surface area (Å²) in [5.41, 5.74) is -0.425. The first-order chi connectivity index (χ1) is 10.8. The molecule has 0 aliphatic carbocycles. The monoisotopic (exact) mass is 339 g/mol. The summed E-state index contributed by atoms with van der Waals surface area (Å²) >= 11 is 1.71. The van der Waals surface area contributed by atoms with Crippen molar-refractivity contribution in [2.45, 2.75) is 52.1 Å². The molecular weight excluding hydrogens is 310 g/mol. The Balaban J connectivity index is 1.72. The molecule has 2 unspecified atom stereocenters. The van der Waals surface area contributed by atoms with Crippen molar-refractivity contribution in [2.75, 3.05) is 26.2 Å². The van der Waals surface area contributed by atoms with Gasteiger partial charge in [0.15, 0.2) is 0 Å². The quantitative estimate of drug-likeness (QED) is 0.892. The number of likely N-dealkylation sites (tertiary alicyclic amines) is 1. The highest BCUT2D eigenvalue weighted by Gasteiger charge is 2.27. The van der Waals surface area contributed by atoms with Crippen LogP contribution in [0.3, 0.4) is 0 Å². The number of ether oxygens (including phenoxy) is 1. The molecule has 130 valence electrons. The van der Waals surface area contributed by atoms with Crippen molar-refractivity contribution >= 4 is 17.4 Å². The van der Waals surface area contributed by atoms with Crippen LogP contribution in [0.15, 0.2) is 11.6 Å². The maximum atomic E-state index is 12.2. The molecule has 2 rings (SSSR count). The van der Waals surface area contributed by atoms with E-state index in [9.17, 15) is 4.79 Å². The lowest BCUT2D eigenvalue weighted by Crippen LogP contribution is -2.45. The molecule has 1 saturated heterocycles. The van der Waals surface area contributed by atoms with Gasteiger partial charge in [0.1, 0.15) is 5.60 Å². The van der Waals surface area contributed by atoms with Crippen LogP contribution < -0.4 is 5.32 Å². The Morgan fingerprint density at radius 3 is 3.00 bits per heavy atom. The van der Waals surface area contributed by atoms with Crippen molar-refractivity contribution in [3.63, 3.8) is 0 Å². The van der Waals surface area contributed by atoms with Crippen LogP contribution in [-0.2, 0) is 4.74 Å². The van der Waals surface area contributed by atoms with E-state index in [2.05, 4.69) is 17.2 Å². The first kappa shape index (κ1) is 18.2. The Morgan fingerprint density at radius 2 is 2.35 bits per heavy atom. The minimum Gasteiger partial charge on any atom is -0.444 e. The van der Waals surface area contributed by atoms with Gasteiger partial charge in [-0.1, -0.05) is 6.92 Å². The molecule has 2 heterocycles. The van der Waals surface area contributed by atoms with Crippen molar-refractivity contribution in [1.82, 2.24) is 15.2 Å². The number of hydrogen-bond acceptors (Lipinski definition) is 5. The average molecular weight is 340 g/mol. The normalized spacial score (nSPS) is 20.3. The standard InChI is InChI=1S/C17H29N3O2S/c1-13(15-19-7-9-23-15)10-18-11-14-6-5-8-20(12-14)16(21)22-17(2,3)4/h7,9,13-14,18H,5-6,8,10-12H2,1-4H3. The van der Waals surface area contributed by atoms with Crippen molar-refractivity contribution in [3.8, 4) is 0 Å². The molecule has 1 N–H and O–H groups in total. The third-order valence-electron chi connectivity index (χ3n) is 3.93. The van der Waals surface area contributed by atoms with E-state index in [1.165, 1.54) is 5.01 Å². The minimum absolute atomic E-state index is 0.182. The molecule has 5 nitrogen and oxygen atoms in total. The first-order valence-electron chi connectivity index (χ1n) is 8.43. The molecule has 0 spiro atoms. The van der Waals surface area contributed by atoms with E-state index >= 15 is 0 Å². The summed E-state index contributed by atoms with van der Waals surface area (Å²) in [5, 5.41) is 6.74. The molecule has 0 bridgehead atoms. The van der Waals surface area contributed by atoms with Gasteiger partial charge in [-0.05, 0) is 46.1 Å². The van der Waals surface area contributed by atoms with Crippen LogP contribution in [0.25, 0.3) is 0 Å². The molecular formula is C17H29N3O2S. The molecule has 1 aromatic rings. The molecule has 2 atom stereocenters. The molecule has 0 saturated carbocycles. The number of nitrogens with zero attached hydrogens (tertiary/aromatic N) is 2. The van der Waals surface area contributed by atoms with Crippen LogP contribution in [0.2, 0.25) is 0 Å². The maximum Gasteiger partial charge on any atom is 0.410 e. The number of aromatic nitrogens is 1. The molecule has 1 amide bonds. The smallest absolute Gasteiger partial charge is 0.410 e. The molecule has 23 heavy (non-hydrogen) atoms. The van der Waals surface area contributed by atoms with E-state index in [4.69, 9.17) is 4.74 Å². The van der Waals surface area contributed by atoms with Gasteiger partial charge in [-0.3, -0.25) is 0 Å². The van der Waals surface area contributed by atoms with Gasteiger partial charge in [0.05, 0.1) is 5.01 Å². The predicted octanol–water partition coefficient (Wildman–Crippen LogP) is 3.48. The van der Waals surface area contributed by atoms with E-state index in [1.54, 1.807) is 11.3 Å². The summed E-state index contributed by atoms with van der Waals surface area (Å²) in [6.07, 6.45) is 3.89. The van der Waals surface area contributed by atoms with Crippen LogP contribution in [0, 0.1) is 5.92 Å². The second kappa shape index (κ2) is 8.11. The number of amides is 1. The Morgan fingerprint density at radius 1 is 1.57 bits per heavy atom. The lowest BCUT2D eigenvalue weighted by molar-refractivity contribution is 0.0166. The number of carbonyl (C=O) groups is 1. The Labute approximate surface area is 143 Å². The van der Waals surface area contributed by atoms with Gasteiger partial charge in [-0.15, -0.1) is 11.3 Å². The zero-order chi connectivity index (χ0) is 16.9. The Kier molecular flexibility index (Phi) is 6.41. The second-order valence-electron chi connectivity index (χ2n) is 7.36. The van der Waals surface area contributed by atoms with Crippen molar-refractivity contribution in [3.05, 3.63) is 16.6 Å². The van der Waals surface area contributed by atoms with E-state index in [0.29, 0.717) is 11.8 Å². The molecule has 1 aliphatic rings. The van der Waals surface area contributed by atoms with Crippen LogP contribution in [0.1, 0.15) is 51.5 Å². The second-order valence-corrected chi connectivity index (χ2v) is 8.29. The zero-order valence-corrected chi connectivity index (χ0v) is 15.5. The van der Waals surface area contributed by atoms with Gasteiger partial charge >= 0.3 is 6.09 Å². The lowest BCUT2D eigenvalue weighted by atomic mass is 9.98. The van der Waals surface area contributed by atoms with Crippen LogP contribution in [-0.4, -0.2) is 47.8 Å².